The van der Waals surface area contributed by atoms with Crippen molar-refractivity contribution in [3.05, 3.63) is 112 Å². The fourth-order valence-electron chi connectivity index (χ4n) is 10.0. The monoisotopic (exact) mass is 884 g/mol. The van der Waals surface area contributed by atoms with Gasteiger partial charge >= 0.3 is 0 Å². The lowest BCUT2D eigenvalue weighted by Gasteiger charge is -2.58. The molecule has 9 nitrogen and oxygen atoms in total. The van der Waals surface area contributed by atoms with Gasteiger partial charge in [-0.2, -0.15) is 11.8 Å². The minimum atomic E-state index is -0.122. The summed E-state index contributed by atoms with van der Waals surface area (Å²) >= 11 is 1.87. The van der Waals surface area contributed by atoms with E-state index in [-0.39, 0.29) is 36.7 Å². The number of fused-ring (bicyclic) bond motifs is 12. The summed E-state index contributed by atoms with van der Waals surface area (Å²) in [6, 6.07) is 19.5. The standard InChI is InChI=1S/C29H35FN2O6.C17H16OS.3C2H6/c1-7-8-35-26-16(3)27-28(37-14-36-27)23-19(26)11-20-24-22-17(9-15(2)25(34-6)29(22)38-30)10-18(31(24)4)12-32(20)21(23)13-33-5;18-10-5-11-19-12-17-15-8-3-1-6-13(15)14-7-2-4-9-16(14)17;3*1-2/h7,9,18,20-21,24H,1,8,10-14H2,2-6H3;1-4,6-10,17H,5,11-12H2;3*1-2H3. The summed E-state index contributed by atoms with van der Waals surface area (Å²) in [6.07, 6.45) is 4.87. The third-order valence-corrected chi connectivity index (χ3v) is 13.5. The van der Waals surface area contributed by atoms with Gasteiger partial charge in [0.15, 0.2) is 17.2 Å². The van der Waals surface area contributed by atoms with Crippen LogP contribution < -0.4 is 23.9 Å². The molecule has 63 heavy (non-hydrogen) atoms. The predicted octanol–water partition coefficient (Wildman–Crippen LogP) is 11.6. The number of aryl methyl sites for hydroxylation is 1. The van der Waals surface area contributed by atoms with Crippen molar-refractivity contribution in [2.24, 2.45) is 0 Å². The molecule has 4 atom stereocenters. The van der Waals surface area contributed by atoms with Crippen LogP contribution in [0.1, 0.15) is 110 Å². The van der Waals surface area contributed by atoms with Crippen molar-refractivity contribution >= 4 is 18.0 Å². The average molecular weight is 885 g/mol. The van der Waals surface area contributed by atoms with Crippen molar-refractivity contribution in [2.75, 3.05) is 59.3 Å². The maximum atomic E-state index is 14.3. The first-order valence-corrected chi connectivity index (χ1v) is 23.9. The van der Waals surface area contributed by atoms with Gasteiger partial charge in [0.2, 0.25) is 12.5 Å². The number of piperazine rings is 1. The molecule has 4 aliphatic heterocycles. The Hall–Kier alpha value is -4.55. The zero-order chi connectivity index (χ0) is 45.8. The number of rotatable bonds is 12. The lowest BCUT2D eigenvalue weighted by molar-refractivity contribution is -0.107. The van der Waals surface area contributed by atoms with Gasteiger partial charge in [-0.05, 0) is 72.9 Å². The predicted molar refractivity (Wildman–Crippen MR) is 255 cm³/mol. The molecule has 0 spiro atoms. The van der Waals surface area contributed by atoms with E-state index >= 15 is 0 Å². The van der Waals surface area contributed by atoms with Gasteiger partial charge in [0.1, 0.15) is 18.6 Å². The van der Waals surface area contributed by atoms with Crippen molar-refractivity contribution in [2.45, 2.75) is 105 Å². The molecule has 4 aromatic rings. The van der Waals surface area contributed by atoms with Crippen LogP contribution in [0.5, 0.6) is 28.7 Å². The van der Waals surface area contributed by atoms with Crippen LogP contribution in [0.15, 0.2) is 67.3 Å². The number of likely N-dealkylation sites (N-methyl/N-ethyl adjacent to an activating group) is 1. The van der Waals surface area contributed by atoms with Crippen LogP contribution in [0.25, 0.3) is 11.1 Å². The second kappa shape index (κ2) is 23.4. The average Bonchev–Trinajstić information content (AvgIpc) is 3.94. The van der Waals surface area contributed by atoms with E-state index in [1.54, 1.807) is 20.3 Å². The second-order valence-electron chi connectivity index (χ2n) is 15.4. The van der Waals surface area contributed by atoms with Crippen molar-refractivity contribution < 1.29 is 37.9 Å². The second-order valence-corrected chi connectivity index (χ2v) is 16.5. The summed E-state index contributed by atoms with van der Waals surface area (Å²) < 4.78 is 43.9. The lowest BCUT2D eigenvalue weighted by atomic mass is 9.74. The van der Waals surface area contributed by atoms with Crippen molar-refractivity contribution in [1.82, 2.24) is 9.80 Å². The van der Waals surface area contributed by atoms with Gasteiger partial charge in [-0.1, -0.05) is 109 Å². The van der Waals surface area contributed by atoms with Gasteiger partial charge in [-0.25, -0.2) is 0 Å². The molecule has 1 fully saturated rings. The highest BCUT2D eigenvalue weighted by molar-refractivity contribution is 7.99. The smallest absolute Gasteiger partial charge is 0.231 e. The number of thioether (sulfide) groups is 1. The molecule has 11 heteroatoms. The Morgan fingerprint density at radius 1 is 0.889 bits per heavy atom. The summed E-state index contributed by atoms with van der Waals surface area (Å²) in [5, 5.41) is 0. The maximum absolute atomic E-state index is 14.3. The topological polar surface area (TPSA) is 78.9 Å². The molecule has 5 aliphatic rings. The van der Waals surface area contributed by atoms with Crippen molar-refractivity contribution in [1.29, 1.82) is 0 Å². The highest BCUT2D eigenvalue weighted by Crippen LogP contribution is 2.57. The van der Waals surface area contributed by atoms with E-state index in [0.717, 1.165) is 81.4 Å². The van der Waals surface area contributed by atoms with Crippen LogP contribution in [0.3, 0.4) is 0 Å². The number of ether oxygens (including phenoxy) is 5. The van der Waals surface area contributed by atoms with Crippen LogP contribution >= 0.6 is 11.8 Å². The van der Waals surface area contributed by atoms with E-state index in [1.165, 1.54) is 22.3 Å². The Morgan fingerprint density at radius 2 is 1.54 bits per heavy atom. The first-order valence-electron chi connectivity index (χ1n) is 22.7. The molecule has 4 heterocycles. The van der Waals surface area contributed by atoms with E-state index < -0.39 is 0 Å². The molecule has 0 saturated carbocycles. The van der Waals surface area contributed by atoms with Crippen molar-refractivity contribution in [3.8, 4) is 39.9 Å². The van der Waals surface area contributed by atoms with Crippen LogP contribution in [0.2, 0.25) is 0 Å². The summed E-state index contributed by atoms with van der Waals surface area (Å²) in [4.78, 5) is 19.8. The molecule has 1 aliphatic carbocycles. The number of hydrogen-bond acceptors (Lipinski definition) is 10. The quantitative estimate of drug-likeness (QED) is 0.0780. The first kappa shape index (κ1) is 49.5. The van der Waals surface area contributed by atoms with E-state index in [9.17, 15) is 9.32 Å². The molecular weight excluding hydrogens is 816 g/mol. The van der Waals surface area contributed by atoms with Gasteiger partial charge < -0.3 is 28.5 Å². The number of carbonyl (C=O) groups is 1. The highest BCUT2D eigenvalue weighted by Gasteiger charge is 2.53. The van der Waals surface area contributed by atoms with Crippen LogP contribution in [-0.4, -0.2) is 87.5 Å². The molecule has 0 aromatic heterocycles. The zero-order valence-electron chi connectivity index (χ0n) is 39.3. The Morgan fingerprint density at radius 3 is 2.14 bits per heavy atom. The maximum Gasteiger partial charge on any atom is 0.231 e. The van der Waals surface area contributed by atoms with Crippen LogP contribution in [0, 0.1) is 13.8 Å². The van der Waals surface area contributed by atoms with Gasteiger partial charge in [-0.15, -0.1) is 0 Å². The van der Waals surface area contributed by atoms with Gasteiger partial charge in [0.05, 0.1) is 25.8 Å². The lowest BCUT2D eigenvalue weighted by Crippen LogP contribution is -2.64. The number of aldehydes is 1. The van der Waals surface area contributed by atoms with E-state index in [4.69, 9.17) is 23.7 Å². The molecule has 2 bridgehead atoms. The number of benzene rings is 4. The third kappa shape index (κ3) is 9.49. The summed E-state index contributed by atoms with van der Waals surface area (Å²) in [7, 11) is 5.41. The Bertz CT molecular complexity index is 2120. The summed E-state index contributed by atoms with van der Waals surface area (Å²) in [6.45, 7) is 21.6. The Labute approximate surface area is 380 Å². The normalized spacial score (nSPS) is 19.5. The molecule has 4 unspecified atom stereocenters. The van der Waals surface area contributed by atoms with Gasteiger partial charge in [0.25, 0.3) is 0 Å². The van der Waals surface area contributed by atoms with E-state index in [0.29, 0.717) is 37.7 Å². The SMILES string of the molecule is C=CCOc1c(C)c2c(c3c1CC1C4c5c(cc(C)c(OC)c5OF)CC(CN1C3COC)N4C)OCO2.CC.CC.CC.O=CCCSCC1c2ccccc2-c2ccccc21. The number of hydrogen-bond donors (Lipinski definition) is 0. The highest BCUT2D eigenvalue weighted by atomic mass is 32.2. The van der Waals surface area contributed by atoms with E-state index in [1.807, 2.05) is 67.2 Å². The molecular formula is C52H69FN2O7S. The van der Waals surface area contributed by atoms with E-state index in [2.05, 4.69) is 83.0 Å². The number of methoxy groups -OCH3 is 2. The van der Waals surface area contributed by atoms with Gasteiger partial charge in [-0.3, -0.25) is 14.7 Å². The fourth-order valence-corrected chi connectivity index (χ4v) is 11.1. The van der Waals surface area contributed by atoms with Crippen LogP contribution in [-0.2, 0) is 22.4 Å². The molecule has 1 saturated heterocycles. The molecule has 342 valence electrons. The largest absolute Gasteiger partial charge is 0.492 e. The number of nitrogens with zero attached hydrogens (tertiary/aromatic N) is 2. The first-order chi connectivity index (χ1) is 30.9. The third-order valence-electron chi connectivity index (χ3n) is 12.4. The Kier molecular flexibility index (Phi) is 18.4. The molecule has 9 rings (SSSR count). The molecule has 0 radical (unpaired) electrons. The summed E-state index contributed by atoms with van der Waals surface area (Å²) in [5.74, 6) is 5.38. The molecule has 4 aromatic carbocycles. The van der Waals surface area contributed by atoms with Crippen LogP contribution in [0.4, 0.5) is 4.53 Å². The minimum absolute atomic E-state index is 0.00937. The number of halogens is 1. The molecule has 0 N–H and O–H groups in total. The minimum Gasteiger partial charge on any atom is -0.492 e. The summed E-state index contributed by atoms with van der Waals surface area (Å²) in [5.41, 5.74) is 11.5. The Balaban J connectivity index is 0.000000251. The van der Waals surface area contributed by atoms with Crippen molar-refractivity contribution in [3.63, 3.8) is 0 Å². The zero-order valence-corrected chi connectivity index (χ0v) is 40.2. The van der Waals surface area contributed by atoms with Gasteiger partial charge in [0, 0.05) is 70.6 Å². The molecule has 0 amide bonds. The fraction of sp³-hybridized carbons (Fsp3) is 0.481. The number of carbonyl (C=O) groups excluding carboxylic acids is 1.